The molecule has 0 aliphatic carbocycles. The number of aliphatic carboxylic acids is 1. The van der Waals surface area contributed by atoms with Gasteiger partial charge in [-0.25, -0.2) is 4.39 Å². The van der Waals surface area contributed by atoms with Crippen LogP contribution in [-0.4, -0.2) is 71.1 Å². The zero-order valence-electron chi connectivity index (χ0n) is 14.3. The molecule has 2 aliphatic rings. The largest absolute Gasteiger partial charge is 0.481 e. The van der Waals surface area contributed by atoms with Gasteiger partial charge in [0.1, 0.15) is 11.9 Å². The van der Waals surface area contributed by atoms with E-state index in [1.807, 2.05) is 0 Å². The fourth-order valence-electron chi connectivity index (χ4n) is 3.42. The van der Waals surface area contributed by atoms with E-state index in [-0.39, 0.29) is 24.1 Å². The van der Waals surface area contributed by atoms with Gasteiger partial charge >= 0.3 is 5.97 Å². The van der Waals surface area contributed by atoms with Crippen LogP contribution in [0.15, 0.2) is 24.3 Å². The third-order valence-electron chi connectivity index (χ3n) is 4.75. The molecule has 1 aromatic carbocycles. The molecule has 8 heteroatoms. The Morgan fingerprint density at radius 1 is 1.23 bits per heavy atom. The zero-order valence-corrected chi connectivity index (χ0v) is 14.3. The fraction of sp³-hybridized carbons (Fsp3) is 0.500. The highest BCUT2D eigenvalue weighted by Crippen LogP contribution is 2.21. The van der Waals surface area contributed by atoms with Crippen molar-refractivity contribution in [1.82, 2.24) is 9.80 Å². The zero-order chi connectivity index (χ0) is 18.7. The van der Waals surface area contributed by atoms with Crippen LogP contribution in [0.25, 0.3) is 0 Å². The number of carbonyl (C=O) groups is 3. The molecule has 7 nitrogen and oxygen atoms in total. The molecule has 2 amide bonds. The molecule has 0 aromatic heterocycles. The van der Waals surface area contributed by atoms with Crippen molar-refractivity contribution >= 4 is 17.8 Å². The number of benzene rings is 1. The maximum absolute atomic E-state index is 13.1. The van der Waals surface area contributed by atoms with Crippen molar-refractivity contribution in [1.29, 1.82) is 0 Å². The minimum Gasteiger partial charge on any atom is -0.481 e. The average molecular weight is 364 g/mol. The van der Waals surface area contributed by atoms with E-state index in [2.05, 4.69) is 0 Å². The molecular weight excluding hydrogens is 343 g/mol. The van der Waals surface area contributed by atoms with Gasteiger partial charge in [0, 0.05) is 31.8 Å². The Labute approximate surface area is 150 Å². The molecule has 1 aromatic rings. The maximum Gasteiger partial charge on any atom is 0.305 e. The smallest absolute Gasteiger partial charge is 0.305 e. The van der Waals surface area contributed by atoms with Crippen molar-refractivity contribution in [2.24, 2.45) is 0 Å². The summed E-state index contributed by atoms with van der Waals surface area (Å²) in [6.45, 7) is 1.63. The van der Waals surface area contributed by atoms with Crippen LogP contribution in [0.1, 0.15) is 29.6 Å². The van der Waals surface area contributed by atoms with Crippen LogP contribution in [0, 0.1) is 5.82 Å². The number of rotatable bonds is 5. The van der Waals surface area contributed by atoms with Gasteiger partial charge < -0.3 is 19.6 Å². The van der Waals surface area contributed by atoms with E-state index >= 15 is 0 Å². The molecule has 0 bridgehead atoms. The average Bonchev–Trinajstić information content (AvgIpc) is 3.11. The lowest BCUT2D eigenvalue weighted by molar-refractivity contribution is -0.148. The minimum absolute atomic E-state index is 0.0382. The van der Waals surface area contributed by atoms with Crippen LogP contribution in [-0.2, 0) is 14.3 Å². The second-order valence-electron chi connectivity index (χ2n) is 6.54. The van der Waals surface area contributed by atoms with Crippen molar-refractivity contribution in [3.8, 4) is 0 Å². The second kappa shape index (κ2) is 7.82. The molecule has 2 fully saturated rings. The topological polar surface area (TPSA) is 87.2 Å². The van der Waals surface area contributed by atoms with Gasteiger partial charge in [0.2, 0.25) is 5.91 Å². The predicted molar refractivity (Wildman–Crippen MR) is 89.0 cm³/mol. The molecule has 2 saturated heterocycles. The van der Waals surface area contributed by atoms with Crippen molar-refractivity contribution < 1.29 is 28.6 Å². The molecule has 0 spiro atoms. The summed E-state index contributed by atoms with van der Waals surface area (Å²) in [7, 11) is 0. The molecule has 0 saturated carbocycles. The van der Waals surface area contributed by atoms with E-state index in [4.69, 9.17) is 4.74 Å². The Morgan fingerprint density at radius 2 is 1.96 bits per heavy atom. The Morgan fingerprint density at radius 3 is 2.58 bits per heavy atom. The number of carbonyl (C=O) groups excluding carboxylic acids is 2. The predicted octanol–water partition coefficient (Wildman–Crippen LogP) is 1.13. The maximum atomic E-state index is 13.1. The van der Waals surface area contributed by atoms with E-state index in [0.29, 0.717) is 19.7 Å². The third kappa shape index (κ3) is 4.01. The number of carboxylic acid groups (broad SMARTS) is 1. The molecule has 2 atom stereocenters. The van der Waals surface area contributed by atoms with E-state index < -0.39 is 30.2 Å². The molecule has 2 aliphatic heterocycles. The van der Waals surface area contributed by atoms with Gasteiger partial charge in [0.25, 0.3) is 5.91 Å². The highest BCUT2D eigenvalue weighted by atomic mass is 19.1. The summed E-state index contributed by atoms with van der Waals surface area (Å²) in [6, 6.07) is 3.92. The number of hydrogen-bond donors (Lipinski definition) is 1. The van der Waals surface area contributed by atoms with Gasteiger partial charge in [-0.05, 0) is 37.1 Å². The van der Waals surface area contributed by atoms with Gasteiger partial charge in [-0.15, -0.1) is 0 Å². The van der Waals surface area contributed by atoms with E-state index in [9.17, 15) is 23.9 Å². The van der Waals surface area contributed by atoms with Crippen LogP contribution >= 0.6 is 0 Å². The Kier molecular flexibility index (Phi) is 5.51. The molecule has 0 radical (unpaired) electrons. The van der Waals surface area contributed by atoms with Crippen LogP contribution < -0.4 is 0 Å². The summed E-state index contributed by atoms with van der Waals surface area (Å²) >= 11 is 0. The number of halogens is 1. The summed E-state index contributed by atoms with van der Waals surface area (Å²) in [4.78, 5) is 39.6. The number of nitrogens with zero attached hydrogens (tertiary/aromatic N) is 2. The number of amides is 2. The van der Waals surface area contributed by atoms with Gasteiger partial charge in [-0.3, -0.25) is 14.4 Å². The van der Waals surface area contributed by atoms with Gasteiger partial charge in [0.15, 0.2) is 0 Å². The molecule has 140 valence electrons. The van der Waals surface area contributed by atoms with Crippen LogP contribution in [0.4, 0.5) is 4.39 Å². The Bertz CT molecular complexity index is 687. The molecule has 26 heavy (non-hydrogen) atoms. The van der Waals surface area contributed by atoms with E-state index in [0.717, 1.165) is 25.0 Å². The summed E-state index contributed by atoms with van der Waals surface area (Å²) in [5.41, 5.74) is 0.224. The number of piperazine rings is 1. The molecule has 2 heterocycles. The Balaban J connectivity index is 1.76. The summed E-state index contributed by atoms with van der Waals surface area (Å²) in [6.07, 6.45) is 1.31. The van der Waals surface area contributed by atoms with Crippen LogP contribution in [0.2, 0.25) is 0 Å². The molecule has 3 rings (SSSR count). The van der Waals surface area contributed by atoms with Crippen LogP contribution in [0.3, 0.4) is 0 Å². The summed E-state index contributed by atoms with van der Waals surface area (Å²) < 4.78 is 18.6. The number of ether oxygens (including phenoxy) is 1. The second-order valence-corrected chi connectivity index (χ2v) is 6.54. The first kappa shape index (κ1) is 18.3. The van der Waals surface area contributed by atoms with Gasteiger partial charge in [-0.1, -0.05) is 0 Å². The Hall–Kier alpha value is -2.48. The van der Waals surface area contributed by atoms with E-state index in [1.165, 1.54) is 17.0 Å². The lowest BCUT2D eigenvalue weighted by Crippen LogP contribution is -2.60. The van der Waals surface area contributed by atoms with Crippen molar-refractivity contribution in [3.05, 3.63) is 35.6 Å². The minimum atomic E-state index is -1.15. The lowest BCUT2D eigenvalue weighted by atomic mass is 10.0. The first-order valence-electron chi connectivity index (χ1n) is 8.64. The first-order valence-corrected chi connectivity index (χ1v) is 8.64. The van der Waals surface area contributed by atoms with E-state index in [1.54, 1.807) is 4.90 Å². The van der Waals surface area contributed by atoms with Gasteiger partial charge in [-0.2, -0.15) is 0 Å². The standard InChI is InChI=1S/C18H21FN2O5/c19-13-5-3-12(4-6-13)17(24)21-8-7-20(11-14-2-1-9-26-14)18(25)15(21)10-16(22)23/h3-6,14-15H,1-2,7-11H2,(H,22,23). The highest BCUT2D eigenvalue weighted by Gasteiger charge is 2.40. The lowest BCUT2D eigenvalue weighted by Gasteiger charge is -2.40. The fourth-order valence-corrected chi connectivity index (χ4v) is 3.42. The van der Waals surface area contributed by atoms with Crippen molar-refractivity contribution in [2.45, 2.75) is 31.4 Å². The number of carboxylic acids is 1. The molecular formula is C18H21FN2O5. The highest BCUT2D eigenvalue weighted by molar-refractivity contribution is 5.99. The quantitative estimate of drug-likeness (QED) is 0.846. The number of hydrogen-bond acceptors (Lipinski definition) is 4. The monoisotopic (exact) mass is 364 g/mol. The van der Waals surface area contributed by atoms with Crippen molar-refractivity contribution in [2.75, 3.05) is 26.2 Å². The SMILES string of the molecule is O=C(O)CC1C(=O)N(CC2CCCO2)CCN1C(=O)c1ccc(F)cc1. The normalized spacial score (nSPS) is 23.3. The third-order valence-corrected chi connectivity index (χ3v) is 4.75. The summed E-state index contributed by atoms with van der Waals surface area (Å²) in [5, 5.41) is 9.18. The summed E-state index contributed by atoms with van der Waals surface area (Å²) in [5.74, 6) is -2.48. The van der Waals surface area contributed by atoms with Crippen molar-refractivity contribution in [3.63, 3.8) is 0 Å². The van der Waals surface area contributed by atoms with Crippen LogP contribution in [0.5, 0.6) is 0 Å². The molecule has 1 N–H and O–H groups in total. The first-order chi connectivity index (χ1) is 12.5. The van der Waals surface area contributed by atoms with Gasteiger partial charge in [0.05, 0.1) is 12.5 Å². The molecule has 2 unspecified atom stereocenters.